The van der Waals surface area contributed by atoms with Crippen LogP contribution in [-0.4, -0.2) is 139 Å². The minimum Gasteiger partial charge on any atom is -0.443 e. The first-order chi connectivity index (χ1) is 24.8. The lowest BCUT2D eigenvalue weighted by molar-refractivity contribution is -0.128. The van der Waals surface area contributed by atoms with Crippen molar-refractivity contribution in [3.63, 3.8) is 0 Å². The number of hydrogen-bond acceptors (Lipinski definition) is 12. The number of alkyl carbamates (subject to hydrolysis) is 1. The zero-order valence-electron chi connectivity index (χ0n) is 31.7. The van der Waals surface area contributed by atoms with Crippen molar-refractivity contribution in [1.29, 1.82) is 0 Å². The number of nitrogens with one attached hydrogen (secondary N) is 5. The van der Waals surface area contributed by atoms with Crippen molar-refractivity contribution >= 4 is 30.1 Å². The van der Waals surface area contributed by atoms with Gasteiger partial charge in [-0.1, -0.05) is 32.9 Å². The van der Waals surface area contributed by atoms with Crippen molar-refractivity contribution in [2.75, 3.05) is 72.9 Å². The number of amides is 4. The largest absolute Gasteiger partial charge is 0.443 e. The molecule has 3 aliphatic rings. The minimum absolute atomic E-state index is 0. The molecule has 1 aliphatic carbocycles. The zero-order valence-corrected chi connectivity index (χ0v) is 31.7. The number of methoxy groups -OCH3 is 1. The second-order valence-corrected chi connectivity index (χ2v) is 14.4. The Bertz CT molecular complexity index is 1210. The predicted octanol–water partition coefficient (Wildman–Crippen LogP) is 1.40. The molecule has 0 aromatic carbocycles. The van der Waals surface area contributed by atoms with Crippen LogP contribution in [0.25, 0.3) is 0 Å². The summed E-state index contributed by atoms with van der Waals surface area (Å²) in [6, 6.07) is -0.564. The lowest BCUT2D eigenvalue weighted by Gasteiger charge is -2.42. The fourth-order valence-electron chi connectivity index (χ4n) is 6.77. The first-order valence-corrected chi connectivity index (χ1v) is 18.4. The molecule has 1 spiro atoms. The van der Waals surface area contributed by atoms with Gasteiger partial charge < -0.3 is 59.8 Å². The van der Waals surface area contributed by atoms with Gasteiger partial charge in [0.15, 0.2) is 0 Å². The predicted molar refractivity (Wildman–Crippen MR) is 197 cm³/mol. The normalized spacial score (nSPS) is 26.1. The molecule has 3 fully saturated rings. The molecule has 16 heteroatoms. The van der Waals surface area contributed by atoms with Crippen LogP contribution < -0.4 is 26.6 Å². The van der Waals surface area contributed by atoms with Gasteiger partial charge in [-0.3, -0.25) is 14.4 Å². The molecule has 2 heterocycles. The molecule has 2 saturated heterocycles. The Morgan fingerprint density at radius 2 is 1.62 bits per heavy atom. The van der Waals surface area contributed by atoms with E-state index in [1.54, 1.807) is 7.11 Å². The van der Waals surface area contributed by atoms with Crippen molar-refractivity contribution in [3.05, 3.63) is 11.6 Å². The molecule has 3 unspecified atom stereocenters. The van der Waals surface area contributed by atoms with Gasteiger partial charge in [0.05, 0.1) is 64.2 Å². The fraction of sp³-hybridized carbons (Fsp3) is 0.811. The fourth-order valence-corrected chi connectivity index (χ4v) is 6.77. The molecule has 16 nitrogen and oxygen atoms in total. The van der Waals surface area contributed by atoms with Gasteiger partial charge in [-0.15, -0.1) is 0 Å². The monoisotopic (exact) mass is 755 g/mol. The Hall–Kier alpha value is -3.15. The summed E-state index contributed by atoms with van der Waals surface area (Å²) < 4.78 is 35.0. The van der Waals surface area contributed by atoms with Crippen LogP contribution in [0.15, 0.2) is 11.6 Å². The van der Waals surface area contributed by atoms with Crippen LogP contribution in [0.1, 0.15) is 74.1 Å². The van der Waals surface area contributed by atoms with Crippen molar-refractivity contribution in [1.82, 2.24) is 26.6 Å². The van der Waals surface area contributed by atoms with Gasteiger partial charge in [0.25, 0.3) is 0 Å². The highest BCUT2D eigenvalue weighted by molar-refractivity contribution is 5.88. The third-order valence-electron chi connectivity index (χ3n) is 9.52. The summed E-state index contributed by atoms with van der Waals surface area (Å²) in [5, 5.41) is 13.5. The third-order valence-corrected chi connectivity index (χ3v) is 9.52. The summed E-state index contributed by atoms with van der Waals surface area (Å²) in [7, 11) is 1.65. The van der Waals surface area contributed by atoms with Crippen molar-refractivity contribution in [2.45, 2.75) is 110 Å². The summed E-state index contributed by atoms with van der Waals surface area (Å²) in [5.41, 5.74) is 0.561. The number of carbonyl (C=O) groups excluding carboxylic acids is 5. The average Bonchev–Trinajstić information content (AvgIpc) is 4.02. The van der Waals surface area contributed by atoms with Crippen LogP contribution in [0.4, 0.5) is 4.79 Å². The number of aldehydes is 1. The van der Waals surface area contributed by atoms with Crippen LogP contribution in [0, 0.1) is 11.8 Å². The molecule has 2 aliphatic heterocycles. The molecule has 53 heavy (non-hydrogen) atoms. The Balaban J connectivity index is 0.00000972. The second-order valence-electron chi connectivity index (χ2n) is 14.4. The molecule has 0 aromatic rings. The van der Waals surface area contributed by atoms with Crippen molar-refractivity contribution in [2.24, 2.45) is 11.8 Å². The van der Waals surface area contributed by atoms with Crippen LogP contribution in [0.5, 0.6) is 0 Å². The van der Waals surface area contributed by atoms with Crippen LogP contribution in [0.3, 0.4) is 0 Å². The van der Waals surface area contributed by atoms with Crippen molar-refractivity contribution in [3.8, 4) is 0 Å². The minimum atomic E-state index is -0.564. The molecule has 4 amide bonds. The summed E-state index contributed by atoms with van der Waals surface area (Å²) in [5.74, 6) is -0.829. The van der Waals surface area contributed by atoms with E-state index in [0.717, 1.165) is 12.8 Å². The number of ether oxygens (including phenoxy) is 6. The molecule has 3 rings (SSSR count). The highest BCUT2D eigenvalue weighted by Crippen LogP contribution is 2.59. The number of hydrogen-bond donors (Lipinski definition) is 5. The summed E-state index contributed by atoms with van der Waals surface area (Å²) >= 11 is 0. The van der Waals surface area contributed by atoms with Gasteiger partial charge in [-0.25, -0.2) is 4.79 Å². The van der Waals surface area contributed by atoms with Gasteiger partial charge in [0.1, 0.15) is 29.7 Å². The third kappa shape index (κ3) is 15.3. The molecular weight excluding hydrogens is 690 g/mol. The number of allylic oxidation sites excluding steroid dienone is 1. The standard InChI is InChI=1S/C36H61N5O11.CH4/c1-24(2)7-8-28-35(5,52-28)32-31(47-6)27(9-11-36(32)23-50-36)51-34(46)40-15-18-49-20-19-48-17-14-39-29(43)10-12-37-26(21-25(3)4)33(45)41-22-30(44)38-13-16-42;/h7,16,25-28,31-32,37H,8-15,17-23H2,1-6H3,(H,38,44)(H,39,43)(H,40,46)(H,41,45);1H4/t26-,27?,28+,31?,32?,35-,36-;/m0./s1. The second kappa shape index (κ2) is 22.9. The van der Waals surface area contributed by atoms with Gasteiger partial charge in [0.2, 0.25) is 17.7 Å². The lowest BCUT2D eigenvalue weighted by Crippen LogP contribution is -2.56. The molecule has 304 valence electrons. The summed E-state index contributed by atoms with van der Waals surface area (Å²) in [4.78, 5) is 59.4. The van der Waals surface area contributed by atoms with Crippen LogP contribution in [-0.2, 0) is 47.6 Å². The van der Waals surface area contributed by atoms with E-state index in [9.17, 15) is 24.0 Å². The number of epoxide rings is 2. The Labute approximate surface area is 314 Å². The highest BCUT2D eigenvalue weighted by Gasteiger charge is 2.72. The zero-order chi connectivity index (χ0) is 38.1. The SMILES string of the molecule is C.COC1C(OC(=O)NCCOCCOCCNC(=O)CCN[C@@H](CC(C)C)C(=O)NCC(=O)NCC=O)CC[C@]2(CO2)C1[C@@]1(C)O[C@@H]1CC=C(C)C. The van der Waals surface area contributed by atoms with Gasteiger partial charge in [-0.2, -0.15) is 0 Å². The Kier molecular flexibility index (Phi) is 19.9. The lowest BCUT2D eigenvalue weighted by atomic mass is 9.68. The van der Waals surface area contributed by atoms with Crippen molar-refractivity contribution < 1.29 is 52.4 Å². The number of rotatable bonds is 25. The maximum atomic E-state index is 12.7. The molecule has 0 bridgehead atoms. The summed E-state index contributed by atoms with van der Waals surface area (Å²) in [6.07, 6.45) is 4.48. The molecule has 0 aromatic heterocycles. The molecular formula is C37H65N5O11. The van der Waals surface area contributed by atoms with E-state index in [1.165, 1.54) is 5.57 Å². The van der Waals surface area contributed by atoms with E-state index >= 15 is 0 Å². The quantitative estimate of drug-likeness (QED) is 0.0388. The van der Waals surface area contributed by atoms with Gasteiger partial charge >= 0.3 is 6.09 Å². The van der Waals surface area contributed by atoms with E-state index in [-0.39, 0.29) is 88.1 Å². The average molecular weight is 756 g/mol. The summed E-state index contributed by atoms with van der Waals surface area (Å²) in [6.45, 7) is 12.6. The topological polar surface area (TPSA) is 207 Å². The Morgan fingerprint density at radius 1 is 0.943 bits per heavy atom. The van der Waals surface area contributed by atoms with E-state index < -0.39 is 29.7 Å². The first kappa shape index (κ1) is 46.0. The maximum Gasteiger partial charge on any atom is 0.407 e. The van der Waals surface area contributed by atoms with E-state index in [1.807, 2.05) is 13.8 Å². The van der Waals surface area contributed by atoms with E-state index in [0.29, 0.717) is 52.1 Å². The highest BCUT2D eigenvalue weighted by atomic mass is 16.6. The number of carbonyl (C=O) groups is 5. The first-order valence-electron chi connectivity index (χ1n) is 18.4. The van der Waals surface area contributed by atoms with E-state index in [2.05, 4.69) is 53.4 Å². The smallest absolute Gasteiger partial charge is 0.407 e. The molecule has 7 atom stereocenters. The van der Waals surface area contributed by atoms with Gasteiger partial charge in [-0.05, 0) is 52.4 Å². The van der Waals surface area contributed by atoms with Gasteiger partial charge in [0, 0.05) is 33.2 Å². The molecule has 0 radical (unpaired) electrons. The van der Waals surface area contributed by atoms with Crippen LogP contribution >= 0.6 is 0 Å². The molecule has 1 saturated carbocycles. The van der Waals surface area contributed by atoms with E-state index in [4.69, 9.17) is 28.4 Å². The Morgan fingerprint density at radius 3 is 2.23 bits per heavy atom. The molecule has 5 N–H and O–H groups in total. The van der Waals surface area contributed by atoms with Crippen LogP contribution in [0.2, 0.25) is 0 Å². The maximum absolute atomic E-state index is 12.7.